The van der Waals surface area contributed by atoms with E-state index < -0.39 is 25.2 Å². The minimum atomic E-state index is -3.44. The highest BCUT2D eigenvalue weighted by atomic mass is 32.3. The lowest BCUT2D eigenvalue weighted by molar-refractivity contribution is 0.0929. The minimum absolute atomic E-state index is 0.00716. The maximum Gasteiger partial charge on any atom is 0.279 e. The van der Waals surface area contributed by atoms with Crippen molar-refractivity contribution >= 4 is 26.5 Å². The fourth-order valence-corrected chi connectivity index (χ4v) is 7.90. The lowest BCUT2D eigenvalue weighted by Crippen LogP contribution is -2.20. The van der Waals surface area contributed by atoms with Crippen LogP contribution in [0.1, 0.15) is 26.7 Å². The van der Waals surface area contributed by atoms with Crippen LogP contribution in [0.25, 0.3) is 0 Å². The first-order valence-electron chi connectivity index (χ1n) is 6.58. The molecule has 0 aromatic carbocycles. The molecule has 0 bridgehead atoms. The topological polar surface area (TPSA) is 52.6 Å². The molecule has 6 atom stereocenters. The van der Waals surface area contributed by atoms with E-state index in [9.17, 15) is 8.42 Å². The summed E-state index contributed by atoms with van der Waals surface area (Å²) < 4.78 is 34.5. The molecule has 0 saturated carbocycles. The van der Waals surface area contributed by atoms with Crippen molar-refractivity contribution in [3.63, 3.8) is 0 Å². The number of rotatable bonds is 5. The molecule has 0 spiro atoms. The number of hydrogen-bond acceptors (Lipinski definition) is 4. The zero-order chi connectivity index (χ0) is 14.2. The summed E-state index contributed by atoms with van der Waals surface area (Å²) >= 11 is 0. The van der Waals surface area contributed by atoms with Crippen molar-refractivity contribution in [2.24, 2.45) is 5.92 Å². The van der Waals surface area contributed by atoms with Gasteiger partial charge in [-0.2, -0.15) is 18.9 Å². The van der Waals surface area contributed by atoms with Crippen LogP contribution in [0.3, 0.4) is 0 Å². The molecular weight excluding hydrogens is 284 g/mol. The molecule has 0 N–H and O–H groups in total. The van der Waals surface area contributed by atoms with Gasteiger partial charge in [0.05, 0.1) is 18.8 Å². The lowest BCUT2D eigenvalue weighted by Gasteiger charge is -2.18. The second kappa shape index (κ2) is 5.68. The monoisotopic (exact) mass is 306 g/mol. The standard InChI is InChI=1S/C13H22O4S2/c1-5-9(3)16-8-10-7-11-12(6-2)17-19(14,15)13(11)18(10)4/h5,9-13H,1,4,6-8H2,2-3H3. The Morgan fingerprint density at radius 3 is 2.84 bits per heavy atom. The third kappa shape index (κ3) is 2.82. The zero-order valence-corrected chi connectivity index (χ0v) is 13.1. The van der Waals surface area contributed by atoms with Crippen molar-refractivity contribution in [2.75, 3.05) is 6.61 Å². The van der Waals surface area contributed by atoms with Crippen LogP contribution in [0.5, 0.6) is 0 Å². The Hall–Kier alpha value is -0.170. The number of hydrogen-bond donors (Lipinski definition) is 0. The van der Waals surface area contributed by atoms with Crippen LogP contribution < -0.4 is 0 Å². The molecule has 2 fully saturated rings. The smallest absolute Gasteiger partial charge is 0.279 e. The van der Waals surface area contributed by atoms with Gasteiger partial charge in [0.1, 0.15) is 4.58 Å². The van der Waals surface area contributed by atoms with Gasteiger partial charge in [0, 0.05) is 11.2 Å². The molecule has 0 amide bonds. The van der Waals surface area contributed by atoms with Gasteiger partial charge in [-0.25, -0.2) is 0 Å². The number of fused-ring (bicyclic) bond motifs is 1. The van der Waals surface area contributed by atoms with E-state index in [1.54, 1.807) is 6.08 Å². The first-order valence-corrected chi connectivity index (χ1v) is 9.57. The van der Waals surface area contributed by atoms with E-state index in [2.05, 4.69) is 12.4 Å². The zero-order valence-electron chi connectivity index (χ0n) is 11.4. The fraction of sp³-hybridized carbons (Fsp3) is 0.769. The van der Waals surface area contributed by atoms with Crippen molar-refractivity contribution in [1.29, 1.82) is 0 Å². The summed E-state index contributed by atoms with van der Waals surface area (Å²) in [6.07, 6.45) is 3.12. The summed E-state index contributed by atoms with van der Waals surface area (Å²) in [6, 6.07) is 0. The molecule has 6 heteroatoms. The third-order valence-electron chi connectivity index (χ3n) is 3.91. The molecule has 2 saturated heterocycles. The summed E-state index contributed by atoms with van der Waals surface area (Å²) in [5.41, 5.74) is 0. The highest BCUT2D eigenvalue weighted by Gasteiger charge is 2.54. The quantitative estimate of drug-likeness (QED) is 0.443. The van der Waals surface area contributed by atoms with Crippen LogP contribution in [0.4, 0.5) is 0 Å². The molecule has 2 aliphatic rings. The number of ether oxygens (including phenoxy) is 1. The predicted octanol–water partition coefficient (Wildman–Crippen LogP) is 2.13. The molecule has 4 nitrogen and oxygen atoms in total. The molecule has 0 aliphatic carbocycles. The minimum Gasteiger partial charge on any atom is -0.373 e. The average Bonchev–Trinajstić information content (AvgIpc) is 2.83. The molecule has 6 unspecified atom stereocenters. The van der Waals surface area contributed by atoms with Gasteiger partial charge in [0.25, 0.3) is 10.1 Å². The summed E-state index contributed by atoms with van der Waals surface area (Å²) in [5, 5.41) is 0.213. The van der Waals surface area contributed by atoms with Gasteiger partial charge >= 0.3 is 0 Å². The first-order chi connectivity index (χ1) is 8.90. The Morgan fingerprint density at radius 1 is 1.58 bits per heavy atom. The summed E-state index contributed by atoms with van der Waals surface area (Å²) in [4.78, 5) is 0. The first kappa shape index (κ1) is 15.2. The molecule has 2 aliphatic heterocycles. The van der Waals surface area contributed by atoms with E-state index in [1.165, 1.54) is 0 Å². The Morgan fingerprint density at radius 2 is 2.26 bits per heavy atom. The van der Waals surface area contributed by atoms with Crippen LogP contribution in [0, 0.1) is 5.92 Å². The fourth-order valence-electron chi connectivity index (χ4n) is 2.80. The highest BCUT2D eigenvalue weighted by Crippen LogP contribution is 2.53. The van der Waals surface area contributed by atoms with Crippen molar-refractivity contribution in [1.82, 2.24) is 0 Å². The summed E-state index contributed by atoms with van der Waals surface area (Å²) in [6.45, 7) is 8.13. The molecule has 0 aromatic rings. The molecule has 19 heavy (non-hydrogen) atoms. The Kier molecular flexibility index (Phi) is 4.55. The van der Waals surface area contributed by atoms with Gasteiger partial charge in [-0.15, -0.1) is 6.58 Å². The van der Waals surface area contributed by atoms with Crippen LogP contribution in [0.2, 0.25) is 0 Å². The second-order valence-corrected chi connectivity index (χ2v) is 9.27. The molecule has 2 rings (SSSR count). The van der Waals surface area contributed by atoms with E-state index in [0.29, 0.717) is 6.61 Å². The molecule has 2 heterocycles. The Balaban J connectivity index is 2.09. The van der Waals surface area contributed by atoms with Crippen molar-refractivity contribution in [2.45, 2.75) is 48.7 Å². The van der Waals surface area contributed by atoms with E-state index >= 15 is 0 Å². The highest BCUT2D eigenvalue weighted by molar-refractivity contribution is 8.23. The average molecular weight is 306 g/mol. The normalized spacial score (nSPS) is 41.9. The van der Waals surface area contributed by atoms with E-state index in [4.69, 9.17) is 8.92 Å². The third-order valence-corrected chi connectivity index (χ3v) is 8.92. The Bertz CT molecular complexity index is 471. The molecular formula is C13H22O4S2. The molecule has 110 valence electrons. The summed E-state index contributed by atoms with van der Waals surface area (Å²) in [7, 11) is -3.89. The Labute approximate surface area is 118 Å². The molecule has 0 aromatic heterocycles. The maximum absolute atomic E-state index is 12.1. The van der Waals surface area contributed by atoms with Crippen LogP contribution >= 0.6 is 10.5 Å². The lowest BCUT2D eigenvalue weighted by atomic mass is 9.97. The van der Waals surface area contributed by atoms with Gasteiger partial charge in [0.2, 0.25) is 0 Å². The predicted molar refractivity (Wildman–Crippen MR) is 80.1 cm³/mol. The largest absolute Gasteiger partial charge is 0.373 e. The maximum atomic E-state index is 12.1. The van der Waals surface area contributed by atoms with Crippen LogP contribution in [-0.2, 0) is 19.0 Å². The second-order valence-electron chi connectivity index (χ2n) is 5.17. The van der Waals surface area contributed by atoms with Crippen molar-refractivity contribution in [3.05, 3.63) is 12.7 Å². The van der Waals surface area contributed by atoms with Gasteiger partial charge in [-0.3, -0.25) is 4.18 Å². The van der Waals surface area contributed by atoms with Crippen molar-refractivity contribution < 1.29 is 17.3 Å². The van der Waals surface area contributed by atoms with E-state index in [-0.39, 0.29) is 23.4 Å². The van der Waals surface area contributed by atoms with Crippen LogP contribution in [0.15, 0.2) is 12.7 Å². The van der Waals surface area contributed by atoms with E-state index in [1.807, 2.05) is 13.8 Å². The van der Waals surface area contributed by atoms with Gasteiger partial charge in [-0.05, 0) is 19.8 Å². The van der Waals surface area contributed by atoms with Gasteiger partial charge in [-0.1, -0.05) is 18.9 Å². The molecule has 0 radical (unpaired) electrons. The SMILES string of the molecule is C=CC(C)OCC1CC2C(CC)OS(=O)(=O)C2S1=C. The van der Waals surface area contributed by atoms with E-state index in [0.717, 1.165) is 12.8 Å². The van der Waals surface area contributed by atoms with Crippen molar-refractivity contribution in [3.8, 4) is 0 Å². The summed E-state index contributed by atoms with van der Waals surface area (Å²) in [5.74, 6) is 4.18. The van der Waals surface area contributed by atoms with Crippen LogP contribution in [-0.4, -0.2) is 42.9 Å². The van der Waals surface area contributed by atoms with Gasteiger partial charge < -0.3 is 4.74 Å². The van der Waals surface area contributed by atoms with Gasteiger partial charge in [0.15, 0.2) is 0 Å².